The summed E-state index contributed by atoms with van der Waals surface area (Å²) in [6, 6.07) is 5.86. The van der Waals surface area contributed by atoms with Gasteiger partial charge >= 0.3 is 0 Å². The molecule has 0 atom stereocenters. The van der Waals surface area contributed by atoms with Crippen LogP contribution in [-0.4, -0.2) is 24.7 Å². The summed E-state index contributed by atoms with van der Waals surface area (Å²) >= 11 is 1.66. The highest BCUT2D eigenvalue weighted by Gasteiger charge is 2.14. The highest BCUT2D eigenvalue weighted by Crippen LogP contribution is 2.35. The molecule has 1 N–H and O–H groups in total. The number of hydrogen-bond acceptors (Lipinski definition) is 6. The van der Waals surface area contributed by atoms with Crippen molar-refractivity contribution in [3.05, 3.63) is 48.0 Å². The Morgan fingerprint density at radius 2 is 2.13 bits per heavy atom. The fourth-order valence-electron chi connectivity index (χ4n) is 2.44. The number of hydrogen-bond donors (Lipinski definition) is 1. The number of aryl methyl sites for hydroxylation is 2. The first kappa shape index (κ1) is 13.8. The molecule has 7 heteroatoms. The van der Waals surface area contributed by atoms with Gasteiger partial charge in [0.25, 0.3) is 0 Å². The zero-order valence-corrected chi connectivity index (χ0v) is 13.5. The van der Waals surface area contributed by atoms with Gasteiger partial charge in [-0.2, -0.15) is 5.10 Å². The van der Waals surface area contributed by atoms with Gasteiger partial charge < -0.3 is 5.32 Å². The standard InChI is InChI=1S/C16H14N6S/c1-10-19-14-15(23-10)12(11-4-3-6-17-8-11)9-18-16(14)20-13-5-7-22(2)21-13/h3-9H,1-2H3,(H,18,20,21). The number of nitrogens with zero attached hydrogens (tertiary/aromatic N) is 5. The Kier molecular flexibility index (Phi) is 3.27. The first-order valence-corrected chi connectivity index (χ1v) is 7.95. The van der Waals surface area contributed by atoms with Crippen LogP contribution in [-0.2, 0) is 7.05 Å². The average molecular weight is 322 g/mol. The van der Waals surface area contributed by atoms with E-state index >= 15 is 0 Å². The lowest BCUT2D eigenvalue weighted by Crippen LogP contribution is -1.97. The maximum Gasteiger partial charge on any atom is 0.159 e. The van der Waals surface area contributed by atoms with Gasteiger partial charge in [0.05, 0.1) is 9.71 Å². The molecular weight excluding hydrogens is 308 g/mol. The lowest BCUT2D eigenvalue weighted by molar-refractivity contribution is 0.771. The molecule has 0 fully saturated rings. The van der Waals surface area contributed by atoms with Crippen LogP contribution >= 0.6 is 11.3 Å². The minimum atomic E-state index is 0.718. The average Bonchev–Trinajstić information content (AvgIpc) is 3.14. The topological polar surface area (TPSA) is 68.5 Å². The number of rotatable bonds is 3. The maximum atomic E-state index is 4.64. The highest BCUT2D eigenvalue weighted by atomic mass is 32.1. The maximum absolute atomic E-state index is 4.64. The second-order valence-corrected chi connectivity index (χ2v) is 6.38. The number of fused-ring (bicyclic) bond motifs is 1. The van der Waals surface area contributed by atoms with Crippen molar-refractivity contribution in [2.24, 2.45) is 7.05 Å². The van der Waals surface area contributed by atoms with Crippen molar-refractivity contribution in [3.63, 3.8) is 0 Å². The third-order valence-electron chi connectivity index (χ3n) is 3.46. The fraction of sp³-hybridized carbons (Fsp3) is 0.125. The first-order chi connectivity index (χ1) is 11.2. The van der Waals surface area contributed by atoms with Crippen molar-refractivity contribution in [2.45, 2.75) is 6.92 Å². The molecule has 23 heavy (non-hydrogen) atoms. The Labute approximate surface area is 136 Å². The van der Waals surface area contributed by atoms with Gasteiger partial charge in [-0.15, -0.1) is 11.3 Å². The number of anilines is 2. The zero-order valence-electron chi connectivity index (χ0n) is 12.7. The Balaban J connectivity index is 1.85. The monoisotopic (exact) mass is 322 g/mol. The van der Waals surface area contributed by atoms with E-state index in [1.807, 2.05) is 50.8 Å². The van der Waals surface area contributed by atoms with E-state index in [0.717, 1.165) is 38.0 Å². The Bertz CT molecular complexity index is 973. The van der Waals surface area contributed by atoms with Crippen LogP contribution in [0.25, 0.3) is 21.3 Å². The fourth-order valence-corrected chi connectivity index (χ4v) is 3.39. The van der Waals surface area contributed by atoms with Crippen molar-refractivity contribution in [1.82, 2.24) is 24.7 Å². The van der Waals surface area contributed by atoms with E-state index in [0.29, 0.717) is 0 Å². The number of aromatic nitrogens is 5. The molecule has 0 bridgehead atoms. The molecule has 0 saturated heterocycles. The van der Waals surface area contributed by atoms with Crippen LogP contribution in [0.3, 0.4) is 0 Å². The van der Waals surface area contributed by atoms with Crippen LogP contribution in [0.1, 0.15) is 5.01 Å². The van der Waals surface area contributed by atoms with Crippen LogP contribution in [0.15, 0.2) is 43.0 Å². The van der Waals surface area contributed by atoms with Gasteiger partial charge in [0.2, 0.25) is 0 Å². The van der Waals surface area contributed by atoms with Crippen LogP contribution in [0.4, 0.5) is 11.6 Å². The van der Waals surface area contributed by atoms with E-state index in [2.05, 4.69) is 25.4 Å². The lowest BCUT2D eigenvalue weighted by atomic mass is 10.1. The molecule has 4 heterocycles. The smallest absolute Gasteiger partial charge is 0.159 e. The molecule has 0 aliphatic heterocycles. The molecule has 0 aliphatic carbocycles. The predicted molar refractivity (Wildman–Crippen MR) is 91.9 cm³/mol. The number of pyridine rings is 2. The summed E-state index contributed by atoms with van der Waals surface area (Å²) < 4.78 is 2.85. The van der Waals surface area contributed by atoms with Gasteiger partial charge in [-0.3, -0.25) is 9.67 Å². The summed E-state index contributed by atoms with van der Waals surface area (Å²) in [5.74, 6) is 1.47. The second-order valence-electron chi connectivity index (χ2n) is 5.17. The van der Waals surface area contributed by atoms with E-state index in [1.54, 1.807) is 22.2 Å². The van der Waals surface area contributed by atoms with E-state index < -0.39 is 0 Å². The molecule has 0 saturated carbocycles. The zero-order chi connectivity index (χ0) is 15.8. The van der Waals surface area contributed by atoms with Crippen molar-refractivity contribution < 1.29 is 0 Å². The first-order valence-electron chi connectivity index (χ1n) is 7.14. The lowest BCUT2D eigenvalue weighted by Gasteiger charge is -2.06. The van der Waals surface area contributed by atoms with Gasteiger partial charge in [0.15, 0.2) is 11.6 Å². The summed E-state index contributed by atoms with van der Waals surface area (Å²) in [6.45, 7) is 2.00. The third kappa shape index (κ3) is 2.55. The predicted octanol–water partition coefficient (Wildman–Crippen LogP) is 3.54. The van der Waals surface area contributed by atoms with Gasteiger partial charge in [0.1, 0.15) is 5.52 Å². The van der Waals surface area contributed by atoms with Gasteiger partial charge in [0, 0.05) is 49.0 Å². The molecule has 0 aliphatic rings. The third-order valence-corrected chi connectivity index (χ3v) is 4.46. The van der Waals surface area contributed by atoms with Crippen molar-refractivity contribution in [2.75, 3.05) is 5.32 Å². The van der Waals surface area contributed by atoms with Gasteiger partial charge in [-0.05, 0) is 13.0 Å². The Morgan fingerprint density at radius 3 is 2.87 bits per heavy atom. The van der Waals surface area contributed by atoms with E-state index in [9.17, 15) is 0 Å². The molecule has 4 rings (SSSR count). The van der Waals surface area contributed by atoms with Gasteiger partial charge in [-0.25, -0.2) is 9.97 Å². The molecule has 0 aromatic carbocycles. The second kappa shape index (κ2) is 5.44. The minimum absolute atomic E-state index is 0.718. The molecule has 6 nitrogen and oxygen atoms in total. The number of thiazole rings is 1. The van der Waals surface area contributed by atoms with E-state index in [1.165, 1.54) is 0 Å². The SMILES string of the molecule is Cc1nc2c(Nc3ccn(C)n3)ncc(-c3cccnc3)c2s1. The van der Waals surface area contributed by atoms with Crippen LogP contribution < -0.4 is 5.32 Å². The summed E-state index contributed by atoms with van der Waals surface area (Å²) in [5, 5.41) is 8.58. The summed E-state index contributed by atoms with van der Waals surface area (Å²) in [5.41, 5.74) is 2.95. The van der Waals surface area contributed by atoms with Crippen LogP contribution in [0.5, 0.6) is 0 Å². The molecule has 114 valence electrons. The van der Waals surface area contributed by atoms with E-state index in [4.69, 9.17) is 0 Å². The van der Waals surface area contributed by atoms with Crippen molar-refractivity contribution in [3.8, 4) is 11.1 Å². The Hall–Kier alpha value is -2.80. The summed E-state index contributed by atoms with van der Waals surface area (Å²) in [6.07, 6.45) is 7.36. The van der Waals surface area contributed by atoms with Crippen molar-refractivity contribution in [1.29, 1.82) is 0 Å². The molecule has 4 aromatic heterocycles. The largest absolute Gasteiger partial charge is 0.322 e. The number of nitrogens with one attached hydrogen (secondary N) is 1. The molecular formula is C16H14N6S. The summed E-state index contributed by atoms with van der Waals surface area (Å²) in [7, 11) is 1.88. The molecule has 0 spiro atoms. The molecule has 0 unspecified atom stereocenters. The summed E-state index contributed by atoms with van der Waals surface area (Å²) in [4.78, 5) is 13.4. The molecule has 0 radical (unpaired) electrons. The van der Waals surface area contributed by atoms with Gasteiger partial charge in [-0.1, -0.05) is 6.07 Å². The highest BCUT2D eigenvalue weighted by molar-refractivity contribution is 7.19. The van der Waals surface area contributed by atoms with Crippen LogP contribution in [0.2, 0.25) is 0 Å². The molecule has 4 aromatic rings. The Morgan fingerprint density at radius 1 is 1.22 bits per heavy atom. The van der Waals surface area contributed by atoms with E-state index in [-0.39, 0.29) is 0 Å². The minimum Gasteiger partial charge on any atom is -0.322 e. The quantitative estimate of drug-likeness (QED) is 0.625. The van der Waals surface area contributed by atoms with Crippen LogP contribution in [0, 0.1) is 6.92 Å². The molecule has 0 amide bonds. The van der Waals surface area contributed by atoms with Crippen molar-refractivity contribution >= 4 is 33.2 Å². The normalized spacial score (nSPS) is 11.0.